The Kier molecular flexibility index (Phi) is 12.0. The molecule has 0 bridgehead atoms. The fourth-order valence-corrected chi connectivity index (χ4v) is 3.66. The highest BCUT2D eigenvalue weighted by atomic mass is 35.5. The first-order valence-electron chi connectivity index (χ1n) is 9.36. The summed E-state index contributed by atoms with van der Waals surface area (Å²) in [5, 5.41) is 6.50. The molecule has 0 saturated carbocycles. The third-order valence-corrected chi connectivity index (χ3v) is 5.16. The van der Waals surface area contributed by atoms with Crippen LogP contribution in [0.1, 0.15) is 44.0 Å². The number of ether oxygens (including phenoxy) is 1. The van der Waals surface area contributed by atoms with Crippen LogP contribution < -0.4 is 15.5 Å². The quantitative estimate of drug-likeness (QED) is 0.676. The molecule has 1 aromatic rings. The number of benzene rings is 1. The first kappa shape index (κ1) is 26.0. The maximum absolute atomic E-state index is 12.5. The molecule has 7 heteroatoms. The lowest BCUT2D eigenvalue weighted by Gasteiger charge is -2.37. The van der Waals surface area contributed by atoms with Crippen LogP contribution in [0.25, 0.3) is 0 Å². The van der Waals surface area contributed by atoms with Crippen LogP contribution in [0.2, 0.25) is 0 Å². The SMILES string of the molecule is CCN(c1ccc(C(=O)NCC2(COC)CCNCC2)cc1)C(C)C.Cl.Cl. The molecular formula is C20H35Cl2N3O2. The van der Waals surface area contributed by atoms with E-state index in [1.54, 1.807) is 7.11 Å². The molecule has 0 aromatic heterocycles. The number of halogens is 2. The highest BCUT2D eigenvalue weighted by molar-refractivity contribution is 5.94. The summed E-state index contributed by atoms with van der Waals surface area (Å²) in [5.74, 6) is -0.00634. The smallest absolute Gasteiger partial charge is 0.251 e. The Morgan fingerprint density at radius 2 is 1.81 bits per heavy atom. The van der Waals surface area contributed by atoms with Crippen molar-refractivity contribution in [1.29, 1.82) is 0 Å². The summed E-state index contributed by atoms with van der Waals surface area (Å²) in [6.07, 6.45) is 2.06. The lowest BCUT2D eigenvalue weighted by Crippen LogP contribution is -2.47. The predicted molar refractivity (Wildman–Crippen MR) is 118 cm³/mol. The topological polar surface area (TPSA) is 53.6 Å². The number of nitrogens with zero attached hydrogens (tertiary/aromatic N) is 1. The van der Waals surface area contributed by atoms with Gasteiger partial charge in [0, 0.05) is 42.9 Å². The van der Waals surface area contributed by atoms with Crippen LogP contribution in [0.3, 0.4) is 0 Å². The summed E-state index contributed by atoms with van der Waals surface area (Å²) in [4.78, 5) is 14.8. The number of carbonyl (C=O) groups is 1. The molecule has 156 valence electrons. The van der Waals surface area contributed by atoms with Crippen LogP contribution >= 0.6 is 24.8 Å². The Bertz CT molecular complexity index is 541. The summed E-state index contributed by atoms with van der Waals surface area (Å²) < 4.78 is 5.41. The van der Waals surface area contributed by atoms with Gasteiger partial charge in [-0.05, 0) is 71.0 Å². The van der Waals surface area contributed by atoms with E-state index in [0.29, 0.717) is 24.8 Å². The van der Waals surface area contributed by atoms with E-state index in [9.17, 15) is 4.79 Å². The average molecular weight is 420 g/mol. The van der Waals surface area contributed by atoms with Crippen LogP contribution in [0.4, 0.5) is 5.69 Å². The van der Waals surface area contributed by atoms with Crippen LogP contribution in [0, 0.1) is 5.41 Å². The van der Waals surface area contributed by atoms with Gasteiger partial charge in [0.05, 0.1) is 6.61 Å². The minimum absolute atomic E-state index is 0. The zero-order chi connectivity index (χ0) is 18.3. The van der Waals surface area contributed by atoms with E-state index < -0.39 is 0 Å². The number of carbonyl (C=O) groups excluding carboxylic acids is 1. The van der Waals surface area contributed by atoms with Crippen molar-refractivity contribution in [3.8, 4) is 0 Å². The average Bonchev–Trinajstić information content (AvgIpc) is 2.62. The van der Waals surface area contributed by atoms with Gasteiger partial charge in [0.25, 0.3) is 5.91 Å². The molecule has 2 rings (SSSR count). The molecule has 0 unspecified atom stereocenters. The molecule has 1 heterocycles. The largest absolute Gasteiger partial charge is 0.384 e. The number of rotatable bonds is 8. The first-order valence-corrected chi connectivity index (χ1v) is 9.36. The molecular weight excluding hydrogens is 385 g/mol. The van der Waals surface area contributed by atoms with Gasteiger partial charge in [0.2, 0.25) is 0 Å². The lowest BCUT2D eigenvalue weighted by atomic mass is 9.79. The second-order valence-electron chi connectivity index (χ2n) is 7.29. The van der Waals surface area contributed by atoms with Crippen molar-refractivity contribution < 1.29 is 9.53 Å². The molecule has 1 amide bonds. The zero-order valence-electron chi connectivity index (χ0n) is 16.9. The van der Waals surface area contributed by atoms with Crippen molar-refractivity contribution in [2.45, 2.75) is 39.7 Å². The number of amides is 1. The molecule has 0 radical (unpaired) electrons. The number of hydrogen-bond acceptors (Lipinski definition) is 4. The second-order valence-corrected chi connectivity index (χ2v) is 7.29. The zero-order valence-corrected chi connectivity index (χ0v) is 18.5. The molecule has 1 aliphatic heterocycles. The summed E-state index contributed by atoms with van der Waals surface area (Å²) in [5.41, 5.74) is 1.92. The van der Waals surface area contributed by atoms with Gasteiger partial charge in [-0.1, -0.05) is 0 Å². The third kappa shape index (κ3) is 7.15. The fraction of sp³-hybridized carbons (Fsp3) is 0.650. The molecule has 1 aliphatic rings. The normalized spacial score (nSPS) is 15.4. The Balaban J connectivity index is 0.00000338. The van der Waals surface area contributed by atoms with E-state index in [1.807, 2.05) is 24.3 Å². The van der Waals surface area contributed by atoms with Gasteiger partial charge in [0.15, 0.2) is 0 Å². The molecule has 0 atom stereocenters. The highest BCUT2D eigenvalue weighted by Crippen LogP contribution is 2.28. The summed E-state index contributed by atoms with van der Waals surface area (Å²) >= 11 is 0. The van der Waals surface area contributed by atoms with Gasteiger partial charge in [-0.2, -0.15) is 0 Å². The molecule has 0 aliphatic carbocycles. The van der Waals surface area contributed by atoms with Gasteiger partial charge >= 0.3 is 0 Å². The monoisotopic (exact) mass is 419 g/mol. The van der Waals surface area contributed by atoms with E-state index in [4.69, 9.17) is 4.74 Å². The molecule has 1 saturated heterocycles. The van der Waals surface area contributed by atoms with Gasteiger partial charge in [0.1, 0.15) is 0 Å². The van der Waals surface area contributed by atoms with Gasteiger partial charge < -0.3 is 20.3 Å². The van der Waals surface area contributed by atoms with Gasteiger partial charge in [-0.15, -0.1) is 24.8 Å². The third-order valence-electron chi connectivity index (χ3n) is 5.16. The van der Waals surface area contributed by atoms with E-state index in [-0.39, 0.29) is 36.1 Å². The molecule has 1 aromatic carbocycles. The Labute approximate surface area is 176 Å². The fourth-order valence-electron chi connectivity index (χ4n) is 3.66. The number of anilines is 1. The summed E-state index contributed by atoms with van der Waals surface area (Å²) in [6, 6.07) is 8.35. The summed E-state index contributed by atoms with van der Waals surface area (Å²) in [6.45, 7) is 10.8. The summed E-state index contributed by atoms with van der Waals surface area (Å²) in [7, 11) is 1.73. The molecule has 2 N–H and O–H groups in total. The van der Waals surface area contributed by atoms with Crippen molar-refractivity contribution in [1.82, 2.24) is 10.6 Å². The number of nitrogens with one attached hydrogen (secondary N) is 2. The van der Waals surface area contributed by atoms with E-state index >= 15 is 0 Å². The van der Waals surface area contributed by atoms with Crippen LogP contribution in [0.5, 0.6) is 0 Å². The second kappa shape index (κ2) is 12.4. The number of piperidine rings is 1. The Morgan fingerprint density at radius 1 is 1.22 bits per heavy atom. The highest BCUT2D eigenvalue weighted by Gasteiger charge is 2.32. The molecule has 1 fully saturated rings. The van der Waals surface area contributed by atoms with E-state index in [0.717, 1.165) is 38.2 Å². The van der Waals surface area contributed by atoms with E-state index in [1.165, 1.54) is 0 Å². The first-order chi connectivity index (χ1) is 12.0. The molecule has 0 spiro atoms. The van der Waals surface area contributed by atoms with Crippen LogP contribution in [-0.2, 0) is 4.74 Å². The van der Waals surface area contributed by atoms with Crippen LogP contribution in [-0.4, -0.2) is 51.8 Å². The van der Waals surface area contributed by atoms with Crippen molar-refractivity contribution in [3.05, 3.63) is 29.8 Å². The van der Waals surface area contributed by atoms with Crippen molar-refractivity contribution in [2.75, 3.05) is 44.8 Å². The molecule has 27 heavy (non-hydrogen) atoms. The standard InChI is InChI=1S/C20H33N3O2.2ClH/c1-5-23(16(2)3)18-8-6-17(7-9-18)19(24)22-14-20(15-25-4)10-12-21-13-11-20;;/h6-9,16,21H,5,10-15H2,1-4H3,(H,22,24);2*1H. The predicted octanol–water partition coefficient (Wildman–Crippen LogP) is 3.51. The van der Waals surface area contributed by atoms with Crippen molar-refractivity contribution in [2.24, 2.45) is 5.41 Å². The van der Waals surface area contributed by atoms with Gasteiger partial charge in [-0.25, -0.2) is 0 Å². The Hall–Kier alpha value is -1.01. The van der Waals surface area contributed by atoms with Gasteiger partial charge in [-0.3, -0.25) is 4.79 Å². The van der Waals surface area contributed by atoms with Crippen LogP contribution in [0.15, 0.2) is 24.3 Å². The number of methoxy groups -OCH3 is 1. The number of hydrogen-bond donors (Lipinski definition) is 2. The van der Waals surface area contributed by atoms with E-state index in [2.05, 4.69) is 36.3 Å². The minimum Gasteiger partial charge on any atom is -0.384 e. The van der Waals surface area contributed by atoms with Crippen molar-refractivity contribution in [3.63, 3.8) is 0 Å². The maximum atomic E-state index is 12.5. The molecule has 5 nitrogen and oxygen atoms in total. The maximum Gasteiger partial charge on any atom is 0.251 e. The lowest BCUT2D eigenvalue weighted by molar-refractivity contribution is 0.0512. The minimum atomic E-state index is -0.00634. The Morgan fingerprint density at radius 3 is 2.30 bits per heavy atom. The van der Waals surface area contributed by atoms with Crippen molar-refractivity contribution >= 4 is 36.4 Å².